The van der Waals surface area contributed by atoms with Crippen molar-refractivity contribution in [2.75, 3.05) is 32.7 Å². The van der Waals surface area contributed by atoms with Crippen LogP contribution < -0.4 is 17.3 Å². The highest BCUT2D eigenvalue weighted by molar-refractivity contribution is 5.33. The van der Waals surface area contributed by atoms with Crippen molar-refractivity contribution in [3.05, 3.63) is 0 Å². The summed E-state index contributed by atoms with van der Waals surface area (Å²) >= 11 is 0. The van der Waals surface area contributed by atoms with E-state index in [1.165, 1.54) is 0 Å². The van der Waals surface area contributed by atoms with Crippen LogP contribution in [0.25, 0.3) is 0 Å². The zero-order valence-corrected chi connectivity index (χ0v) is 7.60. The number of likely N-dealkylation sites (N-methyl/N-ethyl adjacent to an activating group) is 1. The van der Waals surface area contributed by atoms with E-state index in [0.29, 0.717) is 0 Å². The zero-order chi connectivity index (χ0) is 7.40. The minimum atomic E-state index is 0. The van der Waals surface area contributed by atoms with Gasteiger partial charge in [-0.3, -0.25) is 9.80 Å². The number of carbonyl (C=O) groups is 1. The fraction of sp³-hybridized carbons (Fsp3) is 0.857. The Kier molecular flexibility index (Phi) is 5.46. The first-order valence-corrected chi connectivity index (χ1v) is 3.89. The molecule has 0 radical (unpaired) electrons. The lowest BCUT2D eigenvalue weighted by Gasteiger charge is -2.27. The number of amides is 1. The van der Waals surface area contributed by atoms with Gasteiger partial charge in [0.1, 0.15) is 0 Å². The molecule has 3 nitrogen and oxygen atoms in total. The number of hydrogen-bond donors (Lipinski definition) is 1. The van der Waals surface area contributed by atoms with Crippen molar-refractivity contribution in [3.63, 3.8) is 0 Å². The van der Waals surface area contributed by atoms with Gasteiger partial charge in [-0.25, -0.2) is 4.79 Å². The molecule has 1 rings (SSSR count). The van der Waals surface area contributed by atoms with Crippen LogP contribution in [0.3, 0.4) is 0 Å². The van der Waals surface area contributed by atoms with Crippen LogP contribution in [0.2, 0.25) is 0 Å². The largest absolute Gasteiger partial charge is 1.00 e. The smallest absolute Gasteiger partial charge is 0.299 e. The lowest BCUT2D eigenvalue weighted by Crippen LogP contribution is -3.13. The number of rotatable bonds is 2. The van der Waals surface area contributed by atoms with Crippen molar-refractivity contribution in [3.8, 4) is 0 Å². The van der Waals surface area contributed by atoms with E-state index in [1.54, 1.807) is 0 Å². The Labute approximate surface area is 73.8 Å². The van der Waals surface area contributed by atoms with Crippen LogP contribution in [0, 0.1) is 0 Å². The monoisotopic (exact) mass is 178 g/mol. The Balaban J connectivity index is 0.000001000. The first-order chi connectivity index (χ1) is 4.86. The van der Waals surface area contributed by atoms with Gasteiger partial charge in [-0.15, -0.1) is 0 Å². The summed E-state index contributed by atoms with van der Waals surface area (Å²) < 4.78 is 0. The highest BCUT2D eigenvalue weighted by Crippen LogP contribution is 1.85. The normalized spacial score (nSPS) is 20.8. The Morgan fingerprint density at radius 2 is 2.00 bits per heavy atom. The molecular weight excluding hydrogens is 164 g/mol. The number of carbonyl (C=O) groups excluding carboxylic acids is 1. The number of nitrogens with zero attached hydrogens (tertiary/aromatic N) is 1. The summed E-state index contributed by atoms with van der Waals surface area (Å²) in [4.78, 5) is 13.8. The van der Waals surface area contributed by atoms with Crippen LogP contribution in [0.1, 0.15) is 6.92 Å². The minimum Gasteiger partial charge on any atom is -1.00 e. The van der Waals surface area contributed by atoms with Gasteiger partial charge in [0.15, 0.2) is 0 Å². The van der Waals surface area contributed by atoms with Gasteiger partial charge in [0.25, 0.3) is 6.41 Å². The van der Waals surface area contributed by atoms with Gasteiger partial charge < -0.3 is 12.4 Å². The molecule has 0 unspecified atom stereocenters. The number of nitrogens with one attached hydrogen (secondary N) is 1. The molecule has 0 aromatic heterocycles. The quantitative estimate of drug-likeness (QED) is 0.431. The first kappa shape index (κ1) is 10.9. The molecule has 1 heterocycles. The highest BCUT2D eigenvalue weighted by atomic mass is 35.5. The SMILES string of the molecule is CCN1CC[NH+](C=O)CC1.[Cl-]. The molecule has 4 heteroatoms. The van der Waals surface area contributed by atoms with Gasteiger partial charge in [-0.05, 0) is 6.54 Å². The van der Waals surface area contributed by atoms with Crippen molar-refractivity contribution in [2.45, 2.75) is 6.92 Å². The van der Waals surface area contributed by atoms with Gasteiger partial charge in [-0.1, -0.05) is 6.92 Å². The molecule has 1 amide bonds. The maximum Gasteiger partial charge on any atom is 0.299 e. The van der Waals surface area contributed by atoms with Crippen molar-refractivity contribution < 1.29 is 22.1 Å². The van der Waals surface area contributed by atoms with Crippen molar-refractivity contribution in [1.82, 2.24) is 4.90 Å². The molecule has 1 aliphatic rings. The summed E-state index contributed by atoms with van der Waals surface area (Å²) in [6.07, 6.45) is 1.02. The van der Waals surface area contributed by atoms with Crippen molar-refractivity contribution >= 4 is 6.41 Å². The van der Waals surface area contributed by atoms with E-state index in [1.807, 2.05) is 0 Å². The maximum atomic E-state index is 10.3. The van der Waals surface area contributed by atoms with Crippen LogP contribution >= 0.6 is 0 Å². The van der Waals surface area contributed by atoms with Crippen LogP contribution in [-0.2, 0) is 4.79 Å². The van der Waals surface area contributed by atoms with E-state index in [9.17, 15) is 4.79 Å². The third-order valence-electron chi connectivity index (χ3n) is 2.11. The molecule has 0 aliphatic carbocycles. The molecule has 0 spiro atoms. The topological polar surface area (TPSA) is 24.8 Å². The summed E-state index contributed by atoms with van der Waals surface area (Å²) in [5.41, 5.74) is 0. The van der Waals surface area contributed by atoms with Crippen LogP contribution in [0.5, 0.6) is 0 Å². The third-order valence-corrected chi connectivity index (χ3v) is 2.11. The van der Waals surface area contributed by atoms with Gasteiger partial charge in [-0.2, -0.15) is 0 Å². The van der Waals surface area contributed by atoms with Crippen molar-refractivity contribution in [1.29, 1.82) is 0 Å². The van der Waals surface area contributed by atoms with Gasteiger partial charge in [0.05, 0.1) is 13.1 Å². The number of piperazine rings is 1. The molecule has 66 valence electrons. The molecule has 1 N–H and O–H groups in total. The van der Waals surface area contributed by atoms with E-state index in [2.05, 4.69) is 11.8 Å². The molecule has 0 bridgehead atoms. The molecular formula is C7H15ClN2O. The zero-order valence-electron chi connectivity index (χ0n) is 6.85. The lowest BCUT2D eigenvalue weighted by molar-refractivity contribution is -0.816. The van der Waals surface area contributed by atoms with Crippen molar-refractivity contribution in [2.24, 2.45) is 0 Å². The Morgan fingerprint density at radius 1 is 1.45 bits per heavy atom. The average molecular weight is 179 g/mol. The van der Waals surface area contributed by atoms with Gasteiger partial charge in [0.2, 0.25) is 0 Å². The summed E-state index contributed by atoms with van der Waals surface area (Å²) in [6, 6.07) is 0. The maximum absolute atomic E-state index is 10.3. The number of quaternary nitrogens is 1. The summed E-state index contributed by atoms with van der Waals surface area (Å²) in [7, 11) is 0. The minimum absolute atomic E-state index is 0. The van der Waals surface area contributed by atoms with Gasteiger partial charge >= 0.3 is 0 Å². The molecule has 11 heavy (non-hydrogen) atoms. The van der Waals surface area contributed by atoms with Crippen LogP contribution in [0.4, 0.5) is 0 Å². The number of hydrogen-bond acceptors (Lipinski definition) is 2. The Bertz CT molecular complexity index is 113. The molecule has 0 aromatic carbocycles. The summed E-state index contributed by atoms with van der Waals surface area (Å²) in [6.45, 7) is 7.39. The van der Waals surface area contributed by atoms with Gasteiger partial charge in [0, 0.05) is 13.1 Å². The average Bonchev–Trinajstić information content (AvgIpc) is 2.05. The standard InChI is InChI=1S/C7H14N2O.ClH/c1-2-8-3-5-9(7-10)6-4-8;/h7H,2-6H2,1H3;1H. The highest BCUT2D eigenvalue weighted by Gasteiger charge is 2.16. The number of halogens is 1. The fourth-order valence-electron chi connectivity index (χ4n) is 1.27. The van der Waals surface area contributed by atoms with Crippen LogP contribution in [0.15, 0.2) is 0 Å². The predicted molar refractivity (Wildman–Crippen MR) is 38.9 cm³/mol. The molecule has 1 saturated heterocycles. The summed E-state index contributed by atoms with van der Waals surface area (Å²) in [5.74, 6) is 0. The van der Waals surface area contributed by atoms with Crippen LogP contribution in [-0.4, -0.2) is 44.0 Å². The predicted octanol–water partition coefficient (Wildman–Crippen LogP) is -4.63. The second-order valence-corrected chi connectivity index (χ2v) is 2.71. The molecule has 0 atom stereocenters. The lowest BCUT2D eigenvalue weighted by atomic mass is 10.3. The van der Waals surface area contributed by atoms with E-state index in [0.717, 1.165) is 44.0 Å². The Hall–Kier alpha value is -0.120. The first-order valence-electron chi connectivity index (χ1n) is 3.89. The second-order valence-electron chi connectivity index (χ2n) is 2.71. The molecule has 0 aromatic rings. The Morgan fingerprint density at radius 3 is 2.36 bits per heavy atom. The molecule has 1 fully saturated rings. The van der Waals surface area contributed by atoms with E-state index < -0.39 is 0 Å². The summed E-state index contributed by atoms with van der Waals surface area (Å²) in [5, 5.41) is 0. The second kappa shape index (κ2) is 5.52. The van der Waals surface area contributed by atoms with E-state index in [4.69, 9.17) is 0 Å². The van der Waals surface area contributed by atoms with E-state index in [-0.39, 0.29) is 12.4 Å². The molecule has 0 saturated carbocycles. The fourth-order valence-corrected chi connectivity index (χ4v) is 1.27. The third kappa shape index (κ3) is 3.18. The molecule has 1 aliphatic heterocycles. The van der Waals surface area contributed by atoms with E-state index >= 15 is 0 Å².